The Labute approximate surface area is 82.9 Å². The van der Waals surface area contributed by atoms with Crippen molar-refractivity contribution in [2.24, 2.45) is 0 Å². The van der Waals surface area contributed by atoms with Crippen LogP contribution in [0.4, 0.5) is 0 Å². The van der Waals surface area contributed by atoms with Gasteiger partial charge in [-0.1, -0.05) is 0 Å². The van der Waals surface area contributed by atoms with E-state index in [1.807, 2.05) is 0 Å². The van der Waals surface area contributed by atoms with Crippen molar-refractivity contribution < 1.29 is 4.74 Å². The molecule has 0 amide bonds. The van der Waals surface area contributed by atoms with E-state index in [1.165, 1.54) is 0 Å². The molecule has 1 aromatic rings. The topological polar surface area (TPSA) is 35.0 Å². The van der Waals surface area contributed by atoms with E-state index in [0.29, 0.717) is 5.88 Å². The molecule has 0 atom stereocenters. The summed E-state index contributed by atoms with van der Waals surface area (Å²) in [6.45, 7) is 4.22. The normalized spacial score (nSPS) is 11.4. The minimum atomic E-state index is -0.0124. The SMILES string of the molecule is COc1cncc(C(C)(C)SC)n1. The van der Waals surface area contributed by atoms with Gasteiger partial charge in [-0.05, 0) is 20.1 Å². The van der Waals surface area contributed by atoms with Crippen LogP contribution < -0.4 is 4.74 Å². The van der Waals surface area contributed by atoms with Gasteiger partial charge in [0.1, 0.15) is 0 Å². The predicted molar refractivity (Wildman–Crippen MR) is 55.1 cm³/mol. The molecule has 1 heterocycles. The van der Waals surface area contributed by atoms with E-state index in [1.54, 1.807) is 31.3 Å². The molecule has 0 aliphatic carbocycles. The highest BCUT2D eigenvalue weighted by Gasteiger charge is 2.21. The van der Waals surface area contributed by atoms with Crippen molar-refractivity contribution in [1.29, 1.82) is 0 Å². The van der Waals surface area contributed by atoms with Crippen LogP contribution >= 0.6 is 11.8 Å². The Morgan fingerprint density at radius 1 is 1.38 bits per heavy atom. The lowest BCUT2D eigenvalue weighted by Gasteiger charge is -2.20. The maximum Gasteiger partial charge on any atom is 0.232 e. The van der Waals surface area contributed by atoms with E-state index in [-0.39, 0.29) is 4.75 Å². The zero-order chi connectivity index (χ0) is 9.90. The van der Waals surface area contributed by atoms with Crippen molar-refractivity contribution >= 4 is 11.8 Å². The van der Waals surface area contributed by atoms with Gasteiger partial charge < -0.3 is 4.74 Å². The lowest BCUT2D eigenvalue weighted by atomic mass is 10.1. The zero-order valence-corrected chi connectivity index (χ0v) is 9.18. The van der Waals surface area contributed by atoms with Crippen LogP contribution in [-0.2, 0) is 4.75 Å². The first kappa shape index (κ1) is 10.3. The molecule has 0 saturated carbocycles. The van der Waals surface area contributed by atoms with E-state index in [2.05, 4.69) is 30.1 Å². The van der Waals surface area contributed by atoms with Crippen molar-refractivity contribution in [3.8, 4) is 5.88 Å². The molecule has 72 valence electrons. The monoisotopic (exact) mass is 198 g/mol. The maximum absolute atomic E-state index is 5.01. The van der Waals surface area contributed by atoms with Crippen LogP contribution in [0.3, 0.4) is 0 Å². The van der Waals surface area contributed by atoms with Crippen LogP contribution in [0, 0.1) is 0 Å². The lowest BCUT2D eigenvalue weighted by molar-refractivity contribution is 0.392. The molecule has 0 N–H and O–H groups in total. The minimum absolute atomic E-state index is 0.0124. The van der Waals surface area contributed by atoms with E-state index >= 15 is 0 Å². The molecule has 0 bridgehead atoms. The number of aromatic nitrogens is 2. The summed E-state index contributed by atoms with van der Waals surface area (Å²) in [7, 11) is 1.60. The summed E-state index contributed by atoms with van der Waals surface area (Å²) in [6.07, 6.45) is 5.44. The van der Waals surface area contributed by atoms with Crippen molar-refractivity contribution in [1.82, 2.24) is 9.97 Å². The van der Waals surface area contributed by atoms with Crippen LogP contribution in [-0.4, -0.2) is 23.3 Å². The fourth-order valence-electron chi connectivity index (χ4n) is 0.841. The number of nitrogens with zero attached hydrogens (tertiary/aromatic N) is 2. The molecular weight excluding hydrogens is 184 g/mol. The number of hydrogen-bond donors (Lipinski definition) is 0. The van der Waals surface area contributed by atoms with Gasteiger partial charge in [0, 0.05) is 0 Å². The quantitative estimate of drug-likeness (QED) is 0.745. The third-order valence-electron chi connectivity index (χ3n) is 1.95. The van der Waals surface area contributed by atoms with Crippen LogP contribution in [0.15, 0.2) is 12.4 Å². The Balaban J connectivity index is 3.01. The number of ether oxygens (including phenoxy) is 1. The number of thioether (sulfide) groups is 1. The van der Waals surface area contributed by atoms with Gasteiger partial charge in [0.2, 0.25) is 5.88 Å². The lowest BCUT2D eigenvalue weighted by Crippen LogP contribution is -2.14. The second-order valence-electron chi connectivity index (χ2n) is 3.16. The fraction of sp³-hybridized carbons (Fsp3) is 0.556. The molecule has 0 fully saturated rings. The van der Waals surface area contributed by atoms with Crippen molar-refractivity contribution in [3.63, 3.8) is 0 Å². The van der Waals surface area contributed by atoms with Crippen molar-refractivity contribution in [3.05, 3.63) is 18.1 Å². The number of rotatable bonds is 3. The molecule has 0 unspecified atom stereocenters. The summed E-state index contributed by atoms with van der Waals surface area (Å²) in [5, 5.41) is 0. The Kier molecular flexibility index (Phi) is 3.14. The summed E-state index contributed by atoms with van der Waals surface area (Å²) >= 11 is 1.74. The first-order chi connectivity index (χ1) is 6.10. The second-order valence-corrected chi connectivity index (χ2v) is 4.59. The standard InChI is InChI=1S/C9H14N2OS/c1-9(2,13-4)7-5-10-6-8(11-7)12-3/h5-6H,1-4H3. The van der Waals surface area contributed by atoms with Gasteiger partial charge in [-0.15, -0.1) is 0 Å². The molecule has 0 aliphatic heterocycles. The van der Waals surface area contributed by atoms with E-state index in [0.717, 1.165) is 5.69 Å². The molecule has 1 rings (SSSR count). The fourth-order valence-corrected chi connectivity index (χ4v) is 1.15. The zero-order valence-electron chi connectivity index (χ0n) is 8.37. The smallest absolute Gasteiger partial charge is 0.232 e. The van der Waals surface area contributed by atoms with Crippen LogP contribution in [0.25, 0.3) is 0 Å². The highest BCUT2D eigenvalue weighted by Crippen LogP contribution is 2.32. The van der Waals surface area contributed by atoms with E-state index in [4.69, 9.17) is 4.74 Å². The van der Waals surface area contributed by atoms with Gasteiger partial charge in [-0.3, -0.25) is 4.98 Å². The van der Waals surface area contributed by atoms with E-state index in [9.17, 15) is 0 Å². The molecule has 0 aromatic carbocycles. The van der Waals surface area contributed by atoms with Crippen molar-refractivity contribution in [2.75, 3.05) is 13.4 Å². The molecule has 3 nitrogen and oxygen atoms in total. The van der Waals surface area contributed by atoms with Crippen LogP contribution in [0.1, 0.15) is 19.5 Å². The third-order valence-corrected chi connectivity index (χ3v) is 3.18. The summed E-state index contributed by atoms with van der Waals surface area (Å²) in [4.78, 5) is 8.40. The second kappa shape index (κ2) is 3.96. The van der Waals surface area contributed by atoms with Crippen molar-refractivity contribution in [2.45, 2.75) is 18.6 Å². The molecule has 1 aromatic heterocycles. The largest absolute Gasteiger partial charge is 0.480 e. The summed E-state index contributed by atoms with van der Waals surface area (Å²) in [5.41, 5.74) is 0.944. The van der Waals surface area contributed by atoms with Crippen LogP contribution in [0.2, 0.25) is 0 Å². The van der Waals surface area contributed by atoms with Gasteiger partial charge in [0.25, 0.3) is 0 Å². The first-order valence-electron chi connectivity index (χ1n) is 4.02. The summed E-state index contributed by atoms with van der Waals surface area (Å²) < 4.78 is 5.00. The van der Waals surface area contributed by atoms with E-state index < -0.39 is 0 Å². The number of methoxy groups -OCH3 is 1. The predicted octanol–water partition coefficient (Wildman–Crippen LogP) is 2.08. The Hall–Kier alpha value is -0.770. The molecule has 0 saturated heterocycles. The molecule has 0 spiro atoms. The van der Waals surface area contributed by atoms with Gasteiger partial charge in [0.15, 0.2) is 0 Å². The summed E-state index contributed by atoms with van der Waals surface area (Å²) in [6, 6.07) is 0. The Bertz CT molecular complexity index is 289. The van der Waals surface area contributed by atoms with Gasteiger partial charge in [-0.25, -0.2) is 4.98 Å². The molecular formula is C9H14N2OS. The highest BCUT2D eigenvalue weighted by molar-refractivity contribution is 7.99. The van der Waals surface area contributed by atoms with Gasteiger partial charge in [-0.2, -0.15) is 11.8 Å². The molecule has 13 heavy (non-hydrogen) atoms. The van der Waals surface area contributed by atoms with Crippen LogP contribution in [0.5, 0.6) is 5.88 Å². The van der Waals surface area contributed by atoms with Gasteiger partial charge >= 0.3 is 0 Å². The Morgan fingerprint density at radius 3 is 2.62 bits per heavy atom. The third kappa shape index (κ3) is 2.34. The average Bonchev–Trinajstić information content (AvgIpc) is 2.18. The molecule has 0 radical (unpaired) electrons. The first-order valence-corrected chi connectivity index (χ1v) is 5.24. The highest BCUT2D eigenvalue weighted by atomic mass is 32.2. The molecule has 0 aliphatic rings. The minimum Gasteiger partial charge on any atom is -0.480 e. The number of hydrogen-bond acceptors (Lipinski definition) is 4. The average molecular weight is 198 g/mol. The Morgan fingerprint density at radius 2 is 2.08 bits per heavy atom. The molecule has 4 heteroatoms. The maximum atomic E-state index is 5.01. The van der Waals surface area contributed by atoms with Gasteiger partial charge in [0.05, 0.1) is 29.9 Å². The summed E-state index contributed by atoms with van der Waals surface area (Å²) in [5.74, 6) is 0.569.